The van der Waals surface area contributed by atoms with E-state index in [2.05, 4.69) is 15.5 Å². The summed E-state index contributed by atoms with van der Waals surface area (Å²) >= 11 is 0. The molecule has 0 aromatic heterocycles. The number of carbonyl (C=O) groups excluding carboxylic acids is 4. The van der Waals surface area contributed by atoms with Crippen LogP contribution in [0.5, 0.6) is 11.5 Å². The van der Waals surface area contributed by atoms with Crippen LogP contribution in [0.4, 0.5) is 4.79 Å². The average molecular weight is 698 g/mol. The molecule has 49 heavy (non-hydrogen) atoms. The molecule has 2 aromatic carbocycles. The highest BCUT2D eigenvalue weighted by Gasteiger charge is 2.40. The highest BCUT2D eigenvalue weighted by Crippen LogP contribution is 2.34. The Morgan fingerprint density at radius 2 is 1.76 bits per heavy atom. The van der Waals surface area contributed by atoms with Crippen molar-refractivity contribution >= 4 is 33.8 Å². The molecule has 0 spiro atoms. The Hall–Kier alpha value is -4.21. The van der Waals surface area contributed by atoms with Crippen molar-refractivity contribution in [3.8, 4) is 11.5 Å². The van der Waals surface area contributed by atoms with Crippen molar-refractivity contribution in [2.45, 2.75) is 81.7 Å². The number of nitrogens with zero attached hydrogens (tertiary/aromatic N) is 3. The third kappa shape index (κ3) is 8.00. The number of hydrogen-bond acceptors (Lipinski definition) is 10. The van der Waals surface area contributed by atoms with Gasteiger partial charge in [0.1, 0.15) is 35.9 Å². The van der Waals surface area contributed by atoms with E-state index < -0.39 is 33.7 Å². The normalized spacial score (nSPS) is 21.2. The largest absolute Gasteiger partial charge is 0.492 e. The van der Waals surface area contributed by atoms with E-state index in [1.54, 1.807) is 57.2 Å². The van der Waals surface area contributed by atoms with E-state index in [-0.39, 0.29) is 54.9 Å². The first-order valence-electron chi connectivity index (χ1n) is 16.6. The van der Waals surface area contributed by atoms with E-state index in [4.69, 9.17) is 14.2 Å². The van der Waals surface area contributed by atoms with Crippen molar-refractivity contribution in [1.82, 2.24) is 24.7 Å². The molecule has 0 aliphatic carbocycles. The zero-order valence-electron chi connectivity index (χ0n) is 28.0. The number of imide groups is 1. The lowest BCUT2D eigenvalue weighted by molar-refractivity contribution is -0.136. The van der Waals surface area contributed by atoms with Gasteiger partial charge in [-0.2, -0.15) is 4.31 Å². The summed E-state index contributed by atoms with van der Waals surface area (Å²) < 4.78 is 45.8. The Balaban J connectivity index is 0.947. The number of alkyl carbamates (subject to hydrolysis) is 1. The molecule has 1 atom stereocenters. The van der Waals surface area contributed by atoms with E-state index >= 15 is 0 Å². The first-order chi connectivity index (χ1) is 23.3. The van der Waals surface area contributed by atoms with Crippen LogP contribution in [-0.4, -0.2) is 109 Å². The Labute approximate surface area is 286 Å². The third-order valence-electron chi connectivity index (χ3n) is 9.05. The molecule has 4 aliphatic rings. The second kappa shape index (κ2) is 14.0. The van der Waals surface area contributed by atoms with Crippen LogP contribution in [0.25, 0.3) is 0 Å². The molecule has 4 amide bonds. The van der Waals surface area contributed by atoms with Gasteiger partial charge in [0, 0.05) is 62.4 Å². The Morgan fingerprint density at radius 1 is 1.02 bits per heavy atom. The second-order valence-electron chi connectivity index (χ2n) is 13.8. The number of amides is 4. The summed E-state index contributed by atoms with van der Waals surface area (Å²) in [6.45, 7) is 8.50. The summed E-state index contributed by atoms with van der Waals surface area (Å²) in [5, 5.41) is 5.15. The smallest absolute Gasteiger partial charge is 0.407 e. The van der Waals surface area contributed by atoms with E-state index in [1.165, 1.54) is 9.21 Å². The monoisotopic (exact) mass is 697 g/mol. The molecular formula is C34H43N5O9S. The molecule has 2 N–H and O–H groups in total. The molecular weight excluding hydrogens is 654 g/mol. The maximum atomic E-state index is 13.4. The molecule has 0 bridgehead atoms. The molecule has 4 aliphatic heterocycles. The molecule has 15 heteroatoms. The summed E-state index contributed by atoms with van der Waals surface area (Å²) in [5.74, 6) is 0.0544. The lowest BCUT2D eigenvalue weighted by Gasteiger charge is -2.39. The number of benzene rings is 2. The first kappa shape index (κ1) is 34.6. The molecule has 6 rings (SSSR count). The van der Waals surface area contributed by atoms with Crippen molar-refractivity contribution in [2.75, 3.05) is 39.3 Å². The number of hydrogen-bond donors (Lipinski definition) is 2. The minimum atomic E-state index is -3.74. The van der Waals surface area contributed by atoms with Crippen LogP contribution in [0.2, 0.25) is 0 Å². The average Bonchev–Trinajstić information content (AvgIpc) is 3.35. The van der Waals surface area contributed by atoms with Gasteiger partial charge >= 0.3 is 6.09 Å². The minimum Gasteiger partial charge on any atom is -0.492 e. The number of carbonyl (C=O) groups is 4. The van der Waals surface area contributed by atoms with Gasteiger partial charge in [-0.1, -0.05) is 12.1 Å². The predicted octanol–water partition coefficient (Wildman–Crippen LogP) is 2.27. The Bertz CT molecular complexity index is 1710. The van der Waals surface area contributed by atoms with Crippen LogP contribution in [-0.2, 0) is 30.9 Å². The topological polar surface area (TPSA) is 164 Å². The van der Waals surface area contributed by atoms with Gasteiger partial charge in [0.15, 0.2) is 0 Å². The standard InChI is InChI=1S/C34H43N5O9S/c1-34(2,3)48-33(43)35-22-12-14-38(15-13-22)49(44,45)25-7-4-6-23(18-25)47-24-19-37(20-24)16-17-46-29-9-5-8-26-27(29)21-39(32(26)42)28-10-11-30(40)36-31(28)41/h4-9,18,22,24,28H,10-17,19-21H2,1-3H3,(H,35,43)(H,36,40,41). The fourth-order valence-corrected chi connectivity index (χ4v) is 8.03. The van der Waals surface area contributed by atoms with Gasteiger partial charge < -0.3 is 24.4 Å². The van der Waals surface area contributed by atoms with Crippen molar-refractivity contribution in [2.24, 2.45) is 0 Å². The van der Waals surface area contributed by atoms with E-state index in [1.807, 2.05) is 6.07 Å². The SMILES string of the molecule is CC(C)(C)OC(=O)NC1CCN(S(=O)(=O)c2cccc(OC3CN(CCOc4cccc5c4CN(C4CCC(=O)NC4=O)C5=O)C3)c2)CC1. The summed E-state index contributed by atoms with van der Waals surface area (Å²) in [6.07, 6.45) is 0.867. The van der Waals surface area contributed by atoms with Crippen LogP contribution in [0.3, 0.4) is 0 Å². The summed E-state index contributed by atoms with van der Waals surface area (Å²) in [5.41, 5.74) is 0.633. The number of fused-ring (bicyclic) bond motifs is 1. The highest BCUT2D eigenvalue weighted by molar-refractivity contribution is 7.89. The van der Waals surface area contributed by atoms with Gasteiger partial charge in [-0.25, -0.2) is 13.2 Å². The minimum absolute atomic E-state index is 0.103. The number of sulfonamides is 1. The predicted molar refractivity (Wildman–Crippen MR) is 176 cm³/mol. The lowest BCUT2D eigenvalue weighted by Crippen LogP contribution is -2.54. The molecule has 4 heterocycles. The molecule has 264 valence electrons. The van der Waals surface area contributed by atoms with Crippen LogP contribution in [0.1, 0.15) is 62.4 Å². The van der Waals surface area contributed by atoms with Gasteiger partial charge in [-0.15, -0.1) is 0 Å². The van der Waals surface area contributed by atoms with Crippen molar-refractivity contribution < 1.29 is 41.8 Å². The van der Waals surface area contributed by atoms with Crippen LogP contribution in [0.15, 0.2) is 47.4 Å². The fourth-order valence-electron chi connectivity index (χ4n) is 6.52. The third-order valence-corrected chi connectivity index (χ3v) is 10.9. The molecule has 3 fully saturated rings. The molecule has 0 saturated carbocycles. The zero-order chi connectivity index (χ0) is 34.9. The van der Waals surface area contributed by atoms with Gasteiger partial charge in [-0.3, -0.25) is 24.6 Å². The molecule has 3 saturated heterocycles. The number of nitrogens with one attached hydrogen (secondary N) is 2. The molecule has 14 nitrogen and oxygen atoms in total. The fraction of sp³-hybridized carbons (Fsp3) is 0.529. The number of rotatable bonds is 10. The molecule has 0 radical (unpaired) electrons. The van der Waals surface area contributed by atoms with Gasteiger partial charge in [0.05, 0.1) is 11.4 Å². The number of likely N-dealkylation sites (tertiary alicyclic amines) is 1. The Kier molecular flexibility index (Phi) is 9.87. The second-order valence-corrected chi connectivity index (χ2v) is 15.8. The van der Waals surface area contributed by atoms with E-state index in [0.717, 1.165) is 5.56 Å². The maximum Gasteiger partial charge on any atom is 0.407 e. The van der Waals surface area contributed by atoms with Gasteiger partial charge in [0.2, 0.25) is 21.8 Å². The summed E-state index contributed by atoms with van der Waals surface area (Å²) in [7, 11) is -3.74. The quantitative estimate of drug-likeness (QED) is 0.352. The van der Waals surface area contributed by atoms with Crippen LogP contribution < -0.4 is 20.1 Å². The summed E-state index contributed by atoms with van der Waals surface area (Å²) in [6, 6.07) is 11.0. The van der Waals surface area contributed by atoms with E-state index in [9.17, 15) is 27.6 Å². The molecule has 1 unspecified atom stereocenters. The summed E-state index contributed by atoms with van der Waals surface area (Å²) in [4.78, 5) is 52.9. The van der Waals surface area contributed by atoms with Crippen LogP contribution >= 0.6 is 0 Å². The number of ether oxygens (including phenoxy) is 3. The van der Waals surface area contributed by atoms with Crippen molar-refractivity contribution in [3.05, 3.63) is 53.6 Å². The maximum absolute atomic E-state index is 13.4. The molecule has 2 aromatic rings. The first-order valence-corrected chi connectivity index (χ1v) is 18.1. The zero-order valence-corrected chi connectivity index (χ0v) is 28.8. The van der Waals surface area contributed by atoms with Gasteiger partial charge in [0.25, 0.3) is 5.91 Å². The van der Waals surface area contributed by atoms with Crippen molar-refractivity contribution in [3.63, 3.8) is 0 Å². The number of piperidine rings is 2. The van der Waals surface area contributed by atoms with Crippen LogP contribution in [0, 0.1) is 0 Å². The Morgan fingerprint density at radius 3 is 2.47 bits per heavy atom. The highest BCUT2D eigenvalue weighted by atomic mass is 32.2. The van der Waals surface area contributed by atoms with E-state index in [0.29, 0.717) is 62.6 Å². The van der Waals surface area contributed by atoms with Gasteiger partial charge in [-0.05, 0) is 64.3 Å². The lowest BCUT2D eigenvalue weighted by atomic mass is 10.0. The van der Waals surface area contributed by atoms with Crippen molar-refractivity contribution in [1.29, 1.82) is 0 Å².